The number of hydrogen-bond acceptors (Lipinski definition) is 2. The molecule has 0 aliphatic rings. The van der Waals surface area contributed by atoms with Crippen LogP contribution in [0.3, 0.4) is 0 Å². The number of pyridine rings is 1. The molecule has 0 atom stereocenters. The van der Waals surface area contributed by atoms with Gasteiger partial charge in [0.05, 0.1) is 7.11 Å². The topological polar surface area (TPSA) is 22.1 Å². The van der Waals surface area contributed by atoms with Gasteiger partial charge in [-0.2, -0.15) is 0 Å². The SMILES string of the molecule is COc1ccc(-c2ccncc2)cc1C(C)C. The molecule has 2 heteroatoms. The van der Waals surface area contributed by atoms with Crippen LogP contribution in [0.5, 0.6) is 5.75 Å². The van der Waals surface area contributed by atoms with E-state index in [0.717, 1.165) is 5.75 Å². The second kappa shape index (κ2) is 5.00. The number of benzene rings is 1. The fraction of sp³-hybridized carbons (Fsp3) is 0.267. The monoisotopic (exact) mass is 227 g/mol. The van der Waals surface area contributed by atoms with Crippen LogP contribution in [0.25, 0.3) is 11.1 Å². The van der Waals surface area contributed by atoms with Gasteiger partial charge in [-0.1, -0.05) is 19.9 Å². The Morgan fingerprint density at radius 3 is 2.29 bits per heavy atom. The number of rotatable bonds is 3. The van der Waals surface area contributed by atoms with Crippen LogP contribution in [0, 0.1) is 0 Å². The van der Waals surface area contributed by atoms with E-state index in [-0.39, 0.29) is 0 Å². The van der Waals surface area contributed by atoms with Gasteiger partial charge in [0.1, 0.15) is 5.75 Å². The van der Waals surface area contributed by atoms with Crippen LogP contribution in [0.1, 0.15) is 25.3 Å². The Hall–Kier alpha value is -1.83. The Morgan fingerprint density at radius 1 is 1.00 bits per heavy atom. The average molecular weight is 227 g/mol. The van der Waals surface area contributed by atoms with Crippen LogP contribution < -0.4 is 4.74 Å². The molecular formula is C15H17NO. The van der Waals surface area contributed by atoms with Crippen molar-refractivity contribution in [2.24, 2.45) is 0 Å². The van der Waals surface area contributed by atoms with E-state index in [1.807, 2.05) is 30.6 Å². The maximum absolute atomic E-state index is 5.39. The smallest absolute Gasteiger partial charge is 0.122 e. The summed E-state index contributed by atoms with van der Waals surface area (Å²) in [7, 11) is 1.72. The highest BCUT2D eigenvalue weighted by molar-refractivity contribution is 5.65. The molecule has 0 radical (unpaired) electrons. The quantitative estimate of drug-likeness (QED) is 0.793. The lowest BCUT2D eigenvalue weighted by Crippen LogP contribution is -1.94. The minimum absolute atomic E-state index is 0.451. The molecule has 0 aliphatic heterocycles. The third-order valence-corrected chi connectivity index (χ3v) is 2.87. The second-order valence-electron chi connectivity index (χ2n) is 4.35. The first-order valence-electron chi connectivity index (χ1n) is 5.80. The molecule has 0 bridgehead atoms. The summed E-state index contributed by atoms with van der Waals surface area (Å²) in [6.07, 6.45) is 3.63. The second-order valence-corrected chi connectivity index (χ2v) is 4.35. The molecule has 1 aromatic heterocycles. The van der Waals surface area contributed by atoms with Crippen molar-refractivity contribution in [3.8, 4) is 16.9 Å². The summed E-state index contributed by atoms with van der Waals surface area (Å²) >= 11 is 0. The Balaban J connectivity index is 2.48. The number of aromatic nitrogens is 1. The van der Waals surface area contributed by atoms with E-state index in [2.05, 4.69) is 31.0 Å². The van der Waals surface area contributed by atoms with E-state index in [1.54, 1.807) is 7.11 Å². The van der Waals surface area contributed by atoms with Crippen LogP contribution in [0.2, 0.25) is 0 Å². The molecule has 0 fully saturated rings. The summed E-state index contributed by atoms with van der Waals surface area (Å²) in [5.41, 5.74) is 3.63. The molecule has 0 aliphatic carbocycles. The van der Waals surface area contributed by atoms with Gasteiger partial charge < -0.3 is 4.74 Å². The van der Waals surface area contributed by atoms with Gasteiger partial charge >= 0.3 is 0 Å². The van der Waals surface area contributed by atoms with Crippen molar-refractivity contribution in [1.29, 1.82) is 0 Å². The summed E-state index contributed by atoms with van der Waals surface area (Å²) in [4.78, 5) is 4.04. The summed E-state index contributed by atoms with van der Waals surface area (Å²) in [5, 5.41) is 0. The molecule has 0 saturated carbocycles. The van der Waals surface area contributed by atoms with Gasteiger partial charge in [-0.3, -0.25) is 4.98 Å². The molecule has 2 aromatic rings. The zero-order valence-corrected chi connectivity index (χ0v) is 10.5. The third kappa shape index (κ3) is 2.47. The van der Waals surface area contributed by atoms with Crippen LogP contribution in [0.4, 0.5) is 0 Å². The van der Waals surface area contributed by atoms with Crippen LogP contribution in [-0.4, -0.2) is 12.1 Å². The van der Waals surface area contributed by atoms with Gasteiger partial charge in [0.25, 0.3) is 0 Å². The molecule has 17 heavy (non-hydrogen) atoms. The van der Waals surface area contributed by atoms with E-state index in [0.29, 0.717) is 5.92 Å². The van der Waals surface area contributed by atoms with E-state index in [1.165, 1.54) is 16.7 Å². The fourth-order valence-electron chi connectivity index (χ4n) is 1.91. The molecule has 2 nitrogen and oxygen atoms in total. The first-order valence-corrected chi connectivity index (χ1v) is 5.80. The Bertz CT molecular complexity index is 492. The van der Waals surface area contributed by atoms with Crippen LogP contribution in [-0.2, 0) is 0 Å². The number of ether oxygens (including phenoxy) is 1. The summed E-state index contributed by atoms with van der Waals surface area (Å²) in [5.74, 6) is 1.41. The molecular weight excluding hydrogens is 210 g/mol. The fourth-order valence-corrected chi connectivity index (χ4v) is 1.91. The normalized spacial score (nSPS) is 10.6. The van der Waals surface area contributed by atoms with Gasteiger partial charge in [0.2, 0.25) is 0 Å². The average Bonchev–Trinajstić information content (AvgIpc) is 2.39. The minimum atomic E-state index is 0.451. The van der Waals surface area contributed by atoms with Crippen molar-refractivity contribution in [2.45, 2.75) is 19.8 Å². The molecule has 0 spiro atoms. The molecule has 1 aromatic carbocycles. The highest BCUT2D eigenvalue weighted by Crippen LogP contribution is 2.31. The van der Waals surface area contributed by atoms with Gasteiger partial charge in [0.15, 0.2) is 0 Å². The van der Waals surface area contributed by atoms with Crippen molar-refractivity contribution < 1.29 is 4.74 Å². The summed E-state index contributed by atoms with van der Waals surface area (Å²) < 4.78 is 5.39. The lowest BCUT2D eigenvalue weighted by atomic mass is 9.97. The molecule has 0 amide bonds. The van der Waals surface area contributed by atoms with Crippen molar-refractivity contribution in [1.82, 2.24) is 4.98 Å². The molecule has 2 rings (SSSR count). The highest BCUT2D eigenvalue weighted by Gasteiger charge is 2.08. The van der Waals surface area contributed by atoms with Gasteiger partial charge in [-0.15, -0.1) is 0 Å². The highest BCUT2D eigenvalue weighted by atomic mass is 16.5. The standard InChI is InChI=1S/C15H17NO/c1-11(2)14-10-13(4-5-15(14)17-3)12-6-8-16-9-7-12/h4-11H,1-3H3. The molecule has 0 N–H and O–H groups in total. The van der Waals surface area contributed by atoms with Crippen molar-refractivity contribution in [3.63, 3.8) is 0 Å². The molecule has 88 valence electrons. The zero-order valence-electron chi connectivity index (χ0n) is 10.5. The predicted octanol–water partition coefficient (Wildman–Crippen LogP) is 3.88. The third-order valence-electron chi connectivity index (χ3n) is 2.87. The van der Waals surface area contributed by atoms with Crippen molar-refractivity contribution >= 4 is 0 Å². The van der Waals surface area contributed by atoms with Crippen LogP contribution in [0.15, 0.2) is 42.7 Å². The molecule has 1 heterocycles. The molecule has 0 saturated heterocycles. The summed E-state index contributed by atoms with van der Waals surface area (Å²) in [6, 6.07) is 10.3. The summed E-state index contributed by atoms with van der Waals surface area (Å²) in [6.45, 7) is 4.35. The van der Waals surface area contributed by atoms with Gasteiger partial charge in [0, 0.05) is 12.4 Å². The number of methoxy groups -OCH3 is 1. The predicted molar refractivity (Wildman–Crippen MR) is 70.3 cm³/mol. The minimum Gasteiger partial charge on any atom is -0.496 e. The first-order chi connectivity index (χ1) is 8.22. The Morgan fingerprint density at radius 2 is 1.71 bits per heavy atom. The van der Waals surface area contributed by atoms with Crippen LogP contribution >= 0.6 is 0 Å². The Kier molecular flexibility index (Phi) is 3.43. The van der Waals surface area contributed by atoms with Crippen molar-refractivity contribution in [2.75, 3.05) is 7.11 Å². The Labute approximate surface area is 102 Å². The van der Waals surface area contributed by atoms with E-state index >= 15 is 0 Å². The van der Waals surface area contributed by atoms with E-state index < -0.39 is 0 Å². The van der Waals surface area contributed by atoms with Gasteiger partial charge in [-0.25, -0.2) is 0 Å². The maximum Gasteiger partial charge on any atom is 0.122 e. The van der Waals surface area contributed by atoms with E-state index in [4.69, 9.17) is 4.74 Å². The first kappa shape index (κ1) is 11.6. The molecule has 0 unspecified atom stereocenters. The van der Waals surface area contributed by atoms with Crippen molar-refractivity contribution in [3.05, 3.63) is 48.3 Å². The van der Waals surface area contributed by atoms with E-state index in [9.17, 15) is 0 Å². The zero-order chi connectivity index (χ0) is 12.3. The maximum atomic E-state index is 5.39. The largest absolute Gasteiger partial charge is 0.496 e. The lowest BCUT2D eigenvalue weighted by Gasteiger charge is -2.13. The lowest BCUT2D eigenvalue weighted by molar-refractivity contribution is 0.407. The number of hydrogen-bond donors (Lipinski definition) is 0. The number of nitrogens with zero attached hydrogens (tertiary/aromatic N) is 1. The van der Waals surface area contributed by atoms with Gasteiger partial charge in [-0.05, 0) is 46.9 Å².